The third-order valence-corrected chi connectivity index (χ3v) is 2.75. The monoisotopic (exact) mass is 271 g/mol. The van der Waals surface area contributed by atoms with Crippen LogP contribution >= 0.6 is 11.6 Å². The van der Waals surface area contributed by atoms with Crippen LogP contribution in [0.4, 0.5) is 13.2 Å². The lowest BCUT2D eigenvalue weighted by Gasteiger charge is -2.21. The van der Waals surface area contributed by atoms with Crippen molar-refractivity contribution in [2.45, 2.75) is 25.1 Å². The Hall–Kier alpha value is -0.790. The minimum absolute atomic E-state index is 0.123. The SMILES string of the molecule is Cn1nc(C(F)(F)F)c(CC(C)(N)CO)c1Cl. The third-order valence-electron chi connectivity index (χ3n) is 2.28. The number of aromatic nitrogens is 2. The lowest BCUT2D eigenvalue weighted by molar-refractivity contribution is -0.142. The average Bonchev–Trinajstić information content (AvgIpc) is 2.45. The Labute approximate surface area is 101 Å². The summed E-state index contributed by atoms with van der Waals surface area (Å²) in [5.74, 6) is 0. The molecule has 0 aliphatic rings. The van der Waals surface area contributed by atoms with Gasteiger partial charge in [-0.2, -0.15) is 18.3 Å². The van der Waals surface area contributed by atoms with Gasteiger partial charge in [-0.25, -0.2) is 0 Å². The first-order valence-corrected chi connectivity index (χ1v) is 5.14. The Kier molecular flexibility index (Phi) is 3.75. The van der Waals surface area contributed by atoms with Gasteiger partial charge in [0.1, 0.15) is 5.15 Å². The molecule has 0 amide bonds. The first-order chi connectivity index (χ1) is 7.58. The summed E-state index contributed by atoms with van der Waals surface area (Å²) < 4.78 is 39.0. The van der Waals surface area contributed by atoms with Gasteiger partial charge in [-0.1, -0.05) is 11.6 Å². The highest BCUT2D eigenvalue weighted by atomic mass is 35.5. The first-order valence-electron chi connectivity index (χ1n) is 4.77. The Morgan fingerprint density at radius 1 is 1.47 bits per heavy atom. The van der Waals surface area contributed by atoms with E-state index < -0.39 is 24.0 Å². The number of aliphatic hydroxyl groups excluding tert-OH is 1. The van der Waals surface area contributed by atoms with E-state index in [4.69, 9.17) is 22.4 Å². The molecule has 0 saturated heterocycles. The molecule has 1 atom stereocenters. The second-order valence-corrected chi connectivity index (χ2v) is 4.59. The fraction of sp³-hybridized carbons (Fsp3) is 0.667. The lowest BCUT2D eigenvalue weighted by Crippen LogP contribution is -2.42. The summed E-state index contributed by atoms with van der Waals surface area (Å²) in [4.78, 5) is 0. The molecule has 0 aromatic carbocycles. The van der Waals surface area contributed by atoms with Crippen LogP contribution in [0.15, 0.2) is 0 Å². The van der Waals surface area contributed by atoms with E-state index in [0.29, 0.717) is 0 Å². The maximum atomic E-state index is 12.7. The molecule has 0 spiro atoms. The van der Waals surface area contributed by atoms with Gasteiger partial charge >= 0.3 is 6.18 Å². The molecule has 0 aliphatic carbocycles. The van der Waals surface area contributed by atoms with Gasteiger partial charge in [-0.3, -0.25) is 4.68 Å². The van der Waals surface area contributed by atoms with Gasteiger partial charge in [0.15, 0.2) is 5.69 Å². The van der Waals surface area contributed by atoms with E-state index in [1.165, 1.54) is 14.0 Å². The van der Waals surface area contributed by atoms with Crippen molar-refractivity contribution < 1.29 is 18.3 Å². The fourth-order valence-electron chi connectivity index (χ4n) is 1.39. The topological polar surface area (TPSA) is 64.1 Å². The van der Waals surface area contributed by atoms with Gasteiger partial charge in [0.2, 0.25) is 0 Å². The summed E-state index contributed by atoms with van der Waals surface area (Å²) >= 11 is 5.75. The van der Waals surface area contributed by atoms with E-state index in [9.17, 15) is 13.2 Å². The van der Waals surface area contributed by atoms with Crippen LogP contribution in [0, 0.1) is 0 Å². The number of hydrogen-bond acceptors (Lipinski definition) is 3. The van der Waals surface area contributed by atoms with E-state index in [1.807, 2.05) is 0 Å². The van der Waals surface area contributed by atoms with Crippen molar-refractivity contribution in [1.29, 1.82) is 0 Å². The zero-order valence-corrected chi connectivity index (χ0v) is 10.1. The Morgan fingerprint density at radius 2 is 2.00 bits per heavy atom. The molecule has 0 radical (unpaired) electrons. The zero-order valence-electron chi connectivity index (χ0n) is 9.35. The lowest BCUT2D eigenvalue weighted by atomic mass is 9.95. The minimum atomic E-state index is -4.59. The number of alkyl halides is 3. The molecule has 8 heteroatoms. The van der Waals surface area contributed by atoms with Crippen molar-refractivity contribution in [2.24, 2.45) is 12.8 Å². The maximum absolute atomic E-state index is 12.7. The molecule has 17 heavy (non-hydrogen) atoms. The number of hydrogen-bond donors (Lipinski definition) is 2. The van der Waals surface area contributed by atoms with Crippen molar-refractivity contribution in [3.63, 3.8) is 0 Å². The summed E-state index contributed by atoms with van der Waals surface area (Å²) in [6, 6.07) is 0. The molecular formula is C9H13ClF3N3O. The van der Waals surface area contributed by atoms with Gasteiger partial charge in [-0.15, -0.1) is 0 Å². The van der Waals surface area contributed by atoms with E-state index in [-0.39, 0.29) is 17.1 Å². The van der Waals surface area contributed by atoms with Gasteiger partial charge in [0.25, 0.3) is 0 Å². The molecule has 0 aliphatic heterocycles. The second-order valence-electron chi connectivity index (χ2n) is 4.23. The normalized spacial score (nSPS) is 16.0. The summed E-state index contributed by atoms with van der Waals surface area (Å²) in [6.07, 6.45) is -4.79. The molecule has 0 bridgehead atoms. The fourth-order valence-corrected chi connectivity index (χ4v) is 1.59. The third kappa shape index (κ3) is 3.11. The number of halogens is 4. The molecule has 0 fully saturated rings. The summed E-state index contributed by atoms with van der Waals surface area (Å²) in [5, 5.41) is 12.2. The Balaban J connectivity index is 3.23. The van der Waals surface area contributed by atoms with Crippen molar-refractivity contribution in [3.8, 4) is 0 Å². The summed E-state index contributed by atoms with van der Waals surface area (Å²) in [7, 11) is 1.31. The highest BCUT2D eigenvalue weighted by Gasteiger charge is 2.40. The van der Waals surface area contributed by atoms with E-state index in [1.54, 1.807) is 0 Å². The van der Waals surface area contributed by atoms with Crippen LogP contribution in [0.25, 0.3) is 0 Å². The molecule has 1 aromatic rings. The molecule has 1 aromatic heterocycles. The van der Waals surface area contributed by atoms with Crippen LogP contribution < -0.4 is 5.73 Å². The van der Waals surface area contributed by atoms with Crippen LogP contribution in [0.2, 0.25) is 5.15 Å². The zero-order chi connectivity index (χ0) is 13.4. The molecule has 0 saturated carbocycles. The molecule has 1 rings (SSSR count). The van der Waals surface area contributed by atoms with Crippen LogP contribution in [0.1, 0.15) is 18.2 Å². The number of rotatable bonds is 3. The van der Waals surface area contributed by atoms with Gasteiger partial charge in [0, 0.05) is 18.2 Å². The predicted octanol–water partition coefficient (Wildman–Crippen LogP) is 1.34. The standard InChI is InChI=1S/C9H13ClF3N3O/c1-8(14,4-17)3-5-6(9(11,12)13)15-16(2)7(5)10/h17H,3-4,14H2,1-2H3. The van der Waals surface area contributed by atoms with Crippen molar-refractivity contribution >= 4 is 11.6 Å². The number of aryl methyl sites for hydroxylation is 1. The maximum Gasteiger partial charge on any atom is 0.435 e. The summed E-state index contributed by atoms with van der Waals surface area (Å²) in [5.41, 5.74) is 3.20. The molecular weight excluding hydrogens is 259 g/mol. The van der Waals surface area contributed by atoms with Crippen LogP contribution in [-0.4, -0.2) is 27.0 Å². The number of aliphatic hydroxyl groups is 1. The van der Waals surface area contributed by atoms with Crippen LogP contribution in [0.5, 0.6) is 0 Å². The van der Waals surface area contributed by atoms with E-state index >= 15 is 0 Å². The molecule has 4 nitrogen and oxygen atoms in total. The summed E-state index contributed by atoms with van der Waals surface area (Å²) in [6.45, 7) is 0.992. The van der Waals surface area contributed by atoms with Crippen molar-refractivity contribution in [1.82, 2.24) is 9.78 Å². The van der Waals surface area contributed by atoms with E-state index in [0.717, 1.165) is 4.68 Å². The highest BCUT2D eigenvalue weighted by Crippen LogP contribution is 2.35. The molecule has 98 valence electrons. The smallest absolute Gasteiger partial charge is 0.394 e. The minimum Gasteiger partial charge on any atom is -0.394 e. The highest BCUT2D eigenvalue weighted by molar-refractivity contribution is 6.30. The Bertz CT molecular complexity index is 414. The molecule has 1 unspecified atom stereocenters. The molecule has 3 N–H and O–H groups in total. The van der Waals surface area contributed by atoms with E-state index in [2.05, 4.69) is 5.10 Å². The van der Waals surface area contributed by atoms with Gasteiger partial charge in [0.05, 0.1) is 6.61 Å². The quantitative estimate of drug-likeness (QED) is 0.872. The Morgan fingerprint density at radius 3 is 2.41 bits per heavy atom. The van der Waals surface area contributed by atoms with Crippen LogP contribution in [0.3, 0.4) is 0 Å². The predicted molar refractivity (Wildman–Crippen MR) is 56.6 cm³/mol. The largest absolute Gasteiger partial charge is 0.435 e. The number of nitrogens with two attached hydrogens (primary N) is 1. The molecule has 1 heterocycles. The van der Waals surface area contributed by atoms with Gasteiger partial charge < -0.3 is 10.8 Å². The number of nitrogens with zero attached hydrogens (tertiary/aromatic N) is 2. The van der Waals surface area contributed by atoms with Crippen molar-refractivity contribution in [3.05, 3.63) is 16.4 Å². The van der Waals surface area contributed by atoms with Crippen molar-refractivity contribution in [2.75, 3.05) is 6.61 Å². The second kappa shape index (κ2) is 4.47. The van der Waals surface area contributed by atoms with Gasteiger partial charge in [-0.05, 0) is 13.3 Å². The average molecular weight is 272 g/mol. The van der Waals surface area contributed by atoms with Crippen LogP contribution in [-0.2, 0) is 19.6 Å². The first kappa shape index (κ1) is 14.3.